The zero-order valence-electron chi connectivity index (χ0n) is 11.0. The molecule has 1 aromatic carbocycles. The third-order valence-electron chi connectivity index (χ3n) is 2.53. The van der Waals surface area contributed by atoms with E-state index in [1.807, 2.05) is 0 Å². The van der Waals surface area contributed by atoms with Crippen LogP contribution in [0.3, 0.4) is 0 Å². The quantitative estimate of drug-likeness (QED) is 0.707. The maximum atomic E-state index is 11.9. The van der Waals surface area contributed by atoms with Gasteiger partial charge in [-0.1, -0.05) is 18.2 Å². The second kappa shape index (κ2) is 7.51. The SMILES string of the molecule is O=C(O)Cc1ccccc1NC(=O)NCCCC(F)(F)F. The van der Waals surface area contributed by atoms with Gasteiger partial charge in [0, 0.05) is 18.7 Å². The van der Waals surface area contributed by atoms with Crippen LogP contribution in [-0.2, 0) is 11.2 Å². The largest absolute Gasteiger partial charge is 0.481 e. The van der Waals surface area contributed by atoms with Gasteiger partial charge in [0.2, 0.25) is 0 Å². The highest BCUT2D eigenvalue weighted by Gasteiger charge is 2.25. The Hall–Kier alpha value is -2.25. The number of benzene rings is 1. The average molecular weight is 304 g/mol. The summed E-state index contributed by atoms with van der Waals surface area (Å²) in [6.07, 6.45) is -5.69. The number of alkyl halides is 3. The minimum Gasteiger partial charge on any atom is -0.481 e. The van der Waals surface area contributed by atoms with Crippen LogP contribution < -0.4 is 10.6 Å². The summed E-state index contributed by atoms with van der Waals surface area (Å²) in [5.41, 5.74) is 0.726. The van der Waals surface area contributed by atoms with Crippen LogP contribution in [0.1, 0.15) is 18.4 Å². The lowest BCUT2D eigenvalue weighted by Gasteiger charge is -2.11. The highest BCUT2D eigenvalue weighted by atomic mass is 19.4. The average Bonchev–Trinajstić information content (AvgIpc) is 2.35. The maximum Gasteiger partial charge on any atom is 0.389 e. The molecule has 116 valence electrons. The summed E-state index contributed by atoms with van der Waals surface area (Å²) in [7, 11) is 0. The lowest BCUT2D eigenvalue weighted by Crippen LogP contribution is -2.30. The summed E-state index contributed by atoms with van der Waals surface area (Å²) in [5, 5.41) is 13.4. The normalized spacial score (nSPS) is 11.0. The number of hydrogen-bond acceptors (Lipinski definition) is 2. The Labute approximate surface area is 119 Å². The Morgan fingerprint density at radius 3 is 2.48 bits per heavy atom. The predicted molar refractivity (Wildman–Crippen MR) is 70.1 cm³/mol. The summed E-state index contributed by atoms with van der Waals surface area (Å²) >= 11 is 0. The first-order chi connectivity index (χ1) is 9.78. The number of rotatable bonds is 6. The fourth-order valence-electron chi connectivity index (χ4n) is 1.62. The number of halogens is 3. The van der Waals surface area contributed by atoms with Crippen LogP contribution in [0.25, 0.3) is 0 Å². The highest BCUT2D eigenvalue weighted by Crippen LogP contribution is 2.20. The number of urea groups is 1. The number of carboxylic acids is 1. The Bertz CT molecular complexity index is 504. The molecule has 0 fully saturated rings. The van der Waals surface area contributed by atoms with E-state index in [1.54, 1.807) is 18.2 Å². The molecule has 0 heterocycles. The monoisotopic (exact) mass is 304 g/mol. The summed E-state index contributed by atoms with van der Waals surface area (Å²) in [5.74, 6) is -1.05. The summed E-state index contributed by atoms with van der Waals surface area (Å²) < 4.78 is 35.8. The number of carbonyl (C=O) groups excluding carboxylic acids is 1. The van der Waals surface area contributed by atoms with E-state index in [0.29, 0.717) is 11.3 Å². The van der Waals surface area contributed by atoms with Crippen molar-refractivity contribution in [2.45, 2.75) is 25.4 Å². The van der Waals surface area contributed by atoms with Crippen LogP contribution in [0, 0.1) is 0 Å². The first-order valence-corrected chi connectivity index (χ1v) is 6.19. The molecule has 5 nitrogen and oxygen atoms in total. The van der Waals surface area contributed by atoms with Crippen molar-refractivity contribution >= 4 is 17.7 Å². The molecule has 1 rings (SSSR count). The summed E-state index contributed by atoms with van der Waals surface area (Å²) in [4.78, 5) is 22.2. The van der Waals surface area contributed by atoms with Crippen molar-refractivity contribution in [2.75, 3.05) is 11.9 Å². The van der Waals surface area contributed by atoms with Gasteiger partial charge >= 0.3 is 18.2 Å². The number of carboxylic acid groups (broad SMARTS) is 1. The van der Waals surface area contributed by atoms with Crippen molar-refractivity contribution in [3.05, 3.63) is 29.8 Å². The van der Waals surface area contributed by atoms with E-state index < -0.39 is 24.6 Å². The number of nitrogens with one attached hydrogen (secondary N) is 2. The molecule has 8 heteroatoms. The fourth-order valence-corrected chi connectivity index (χ4v) is 1.62. The van der Waals surface area contributed by atoms with E-state index >= 15 is 0 Å². The molecule has 21 heavy (non-hydrogen) atoms. The van der Waals surface area contributed by atoms with Crippen molar-refractivity contribution in [3.8, 4) is 0 Å². The Kier molecular flexibility index (Phi) is 6.01. The fraction of sp³-hybridized carbons (Fsp3) is 0.385. The Morgan fingerprint density at radius 1 is 1.19 bits per heavy atom. The molecular weight excluding hydrogens is 289 g/mol. The molecular formula is C13H15F3N2O3. The molecule has 0 aliphatic heterocycles. The molecule has 0 spiro atoms. The van der Waals surface area contributed by atoms with Gasteiger partial charge in [-0.2, -0.15) is 13.2 Å². The number of anilines is 1. The molecule has 0 radical (unpaired) electrons. The second-order valence-corrected chi connectivity index (χ2v) is 4.33. The Balaban J connectivity index is 2.46. The highest BCUT2D eigenvalue weighted by molar-refractivity contribution is 5.90. The second-order valence-electron chi connectivity index (χ2n) is 4.33. The zero-order valence-corrected chi connectivity index (χ0v) is 11.0. The molecule has 1 aromatic rings. The molecule has 0 aromatic heterocycles. The van der Waals surface area contributed by atoms with Crippen LogP contribution in [-0.4, -0.2) is 29.8 Å². The lowest BCUT2D eigenvalue weighted by molar-refractivity contribution is -0.136. The zero-order chi connectivity index (χ0) is 15.9. The summed E-state index contributed by atoms with van der Waals surface area (Å²) in [6.45, 7) is -0.119. The summed E-state index contributed by atoms with van der Waals surface area (Å²) in [6, 6.07) is 5.64. The van der Waals surface area contributed by atoms with Crippen LogP contribution in [0.15, 0.2) is 24.3 Å². The van der Waals surface area contributed by atoms with E-state index in [2.05, 4.69) is 10.6 Å². The molecule has 0 saturated heterocycles. The third kappa shape index (κ3) is 7.19. The minimum absolute atomic E-state index is 0.119. The van der Waals surface area contributed by atoms with Crippen molar-refractivity contribution in [1.82, 2.24) is 5.32 Å². The molecule has 3 N–H and O–H groups in total. The van der Waals surface area contributed by atoms with Gasteiger partial charge in [0.25, 0.3) is 0 Å². The minimum atomic E-state index is -4.24. The number of aliphatic carboxylic acids is 1. The van der Waals surface area contributed by atoms with E-state index in [1.165, 1.54) is 6.07 Å². The number of para-hydroxylation sites is 1. The molecule has 0 atom stereocenters. The van der Waals surface area contributed by atoms with E-state index in [-0.39, 0.29) is 19.4 Å². The first-order valence-electron chi connectivity index (χ1n) is 6.19. The van der Waals surface area contributed by atoms with Crippen molar-refractivity contribution in [1.29, 1.82) is 0 Å². The number of carbonyl (C=O) groups is 2. The smallest absolute Gasteiger partial charge is 0.389 e. The molecule has 0 saturated carbocycles. The first kappa shape index (κ1) is 16.8. The van der Waals surface area contributed by atoms with Gasteiger partial charge in [-0.05, 0) is 18.1 Å². The van der Waals surface area contributed by atoms with Crippen molar-refractivity contribution in [3.63, 3.8) is 0 Å². The van der Waals surface area contributed by atoms with Gasteiger partial charge in [-0.3, -0.25) is 4.79 Å². The van der Waals surface area contributed by atoms with E-state index in [4.69, 9.17) is 5.11 Å². The standard InChI is InChI=1S/C13H15F3N2O3/c14-13(15,16)6-3-7-17-12(21)18-10-5-2-1-4-9(10)8-11(19)20/h1-2,4-5H,3,6-8H2,(H,19,20)(H2,17,18,21). The lowest BCUT2D eigenvalue weighted by atomic mass is 10.1. The molecule has 2 amide bonds. The van der Waals surface area contributed by atoms with Gasteiger partial charge in [0.15, 0.2) is 0 Å². The van der Waals surface area contributed by atoms with Gasteiger partial charge in [-0.15, -0.1) is 0 Å². The van der Waals surface area contributed by atoms with Crippen LogP contribution in [0.5, 0.6) is 0 Å². The molecule has 0 unspecified atom stereocenters. The maximum absolute atomic E-state index is 11.9. The predicted octanol–water partition coefficient (Wildman–Crippen LogP) is 2.78. The van der Waals surface area contributed by atoms with E-state index in [0.717, 1.165) is 0 Å². The third-order valence-corrected chi connectivity index (χ3v) is 2.53. The molecule has 0 aliphatic carbocycles. The number of amides is 2. The van der Waals surface area contributed by atoms with Crippen LogP contribution in [0.2, 0.25) is 0 Å². The van der Waals surface area contributed by atoms with Crippen LogP contribution >= 0.6 is 0 Å². The topological polar surface area (TPSA) is 78.4 Å². The van der Waals surface area contributed by atoms with Crippen LogP contribution in [0.4, 0.5) is 23.7 Å². The molecule has 0 aliphatic rings. The van der Waals surface area contributed by atoms with Gasteiger partial charge in [-0.25, -0.2) is 4.79 Å². The van der Waals surface area contributed by atoms with Crippen molar-refractivity contribution < 1.29 is 27.9 Å². The number of hydrogen-bond donors (Lipinski definition) is 3. The van der Waals surface area contributed by atoms with Gasteiger partial charge in [0.05, 0.1) is 6.42 Å². The Morgan fingerprint density at radius 2 is 1.86 bits per heavy atom. The van der Waals surface area contributed by atoms with Crippen molar-refractivity contribution in [2.24, 2.45) is 0 Å². The van der Waals surface area contributed by atoms with Gasteiger partial charge in [0.1, 0.15) is 0 Å². The van der Waals surface area contributed by atoms with E-state index in [9.17, 15) is 22.8 Å². The molecule has 0 bridgehead atoms. The van der Waals surface area contributed by atoms with Gasteiger partial charge < -0.3 is 15.7 Å².